The molecule has 0 unspecified atom stereocenters. The molecule has 7 heteroatoms. The first kappa shape index (κ1) is 15.4. The van der Waals surface area contributed by atoms with Crippen molar-refractivity contribution >= 4 is 28.8 Å². The summed E-state index contributed by atoms with van der Waals surface area (Å²) in [6.45, 7) is 0.486. The molecule has 1 N–H and O–H groups in total. The summed E-state index contributed by atoms with van der Waals surface area (Å²) in [5, 5.41) is 2.51. The third-order valence-electron chi connectivity index (χ3n) is 3.37. The van der Waals surface area contributed by atoms with Crippen molar-refractivity contribution < 1.29 is 18.8 Å². The van der Waals surface area contributed by atoms with Crippen LogP contribution in [0.3, 0.4) is 0 Å². The Morgan fingerprint density at radius 3 is 2.83 bits per heavy atom. The Morgan fingerprint density at radius 2 is 2.13 bits per heavy atom. The van der Waals surface area contributed by atoms with Gasteiger partial charge in [0.1, 0.15) is 5.76 Å². The molecular weight excluding hydrogens is 316 g/mol. The average molecular weight is 330 g/mol. The predicted octanol–water partition coefficient (Wildman–Crippen LogP) is 2.41. The third kappa shape index (κ3) is 3.62. The van der Waals surface area contributed by atoms with Gasteiger partial charge < -0.3 is 9.73 Å². The van der Waals surface area contributed by atoms with Crippen LogP contribution in [0, 0.1) is 0 Å². The fourth-order valence-corrected chi connectivity index (χ4v) is 2.93. The number of amides is 3. The molecule has 0 atom stereocenters. The molecule has 23 heavy (non-hydrogen) atoms. The number of imide groups is 1. The molecule has 1 aromatic heterocycles. The number of furan rings is 1. The molecule has 2 aromatic rings. The molecule has 6 nitrogen and oxygen atoms in total. The van der Waals surface area contributed by atoms with Gasteiger partial charge >= 0.3 is 0 Å². The fraction of sp³-hybridized carbons (Fsp3) is 0.188. The second kappa shape index (κ2) is 6.70. The van der Waals surface area contributed by atoms with E-state index in [1.165, 1.54) is 4.90 Å². The van der Waals surface area contributed by atoms with Crippen LogP contribution in [0.15, 0.2) is 47.1 Å². The monoisotopic (exact) mass is 330 g/mol. The van der Waals surface area contributed by atoms with Gasteiger partial charge in [-0.3, -0.25) is 19.3 Å². The Hall–Kier alpha value is -2.54. The largest absolute Gasteiger partial charge is 0.467 e. The molecule has 1 aliphatic heterocycles. The van der Waals surface area contributed by atoms with Crippen molar-refractivity contribution in [3.8, 4) is 0 Å². The van der Waals surface area contributed by atoms with E-state index in [-0.39, 0.29) is 29.4 Å². The van der Waals surface area contributed by atoms with E-state index in [9.17, 15) is 14.4 Å². The molecule has 0 radical (unpaired) electrons. The molecule has 118 valence electrons. The van der Waals surface area contributed by atoms with Gasteiger partial charge in [0.05, 0.1) is 25.1 Å². The lowest BCUT2D eigenvalue weighted by molar-refractivity contribution is -0.125. The zero-order valence-electron chi connectivity index (χ0n) is 12.2. The molecule has 0 bridgehead atoms. The van der Waals surface area contributed by atoms with Crippen LogP contribution in [0.2, 0.25) is 0 Å². The normalized spacial score (nSPS) is 14.3. The molecule has 3 amide bonds. The zero-order chi connectivity index (χ0) is 16.2. The minimum absolute atomic E-state index is 0.183. The summed E-state index contributed by atoms with van der Waals surface area (Å²) < 4.78 is 5.16. The minimum atomic E-state index is -0.248. The molecule has 1 aromatic carbocycles. The topological polar surface area (TPSA) is 79.6 Å². The van der Waals surface area contributed by atoms with Crippen LogP contribution in [0.4, 0.5) is 4.79 Å². The number of hydrogen-bond acceptors (Lipinski definition) is 5. The maximum atomic E-state index is 12.2. The number of benzene rings is 1. The molecule has 1 aliphatic rings. The van der Waals surface area contributed by atoms with Gasteiger partial charge in [-0.05, 0) is 29.8 Å². The van der Waals surface area contributed by atoms with Gasteiger partial charge in [-0.2, -0.15) is 0 Å². The summed E-state index contributed by atoms with van der Waals surface area (Å²) in [4.78, 5) is 36.6. The Morgan fingerprint density at radius 1 is 1.26 bits per heavy atom. The van der Waals surface area contributed by atoms with Crippen molar-refractivity contribution in [1.82, 2.24) is 10.2 Å². The molecule has 1 fully saturated rings. The van der Waals surface area contributed by atoms with Gasteiger partial charge in [-0.25, -0.2) is 0 Å². The van der Waals surface area contributed by atoms with Crippen LogP contribution in [0.25, 0.3) is 0 Å². The summed E-state index contributed by atoms with van der Waals surface area (Å²) >= 11 is 0.998. The summed E-state index contributed by atoms with van der Waals surface area (Å²) in [5.41, 5.74) is 1.21. The second-order valence-electron chi connectivity index (χ2n) is 5.00. The first-order valence-electron chi connectivity index (χ1n) is 7.00. The van der Waals surface area contributed by atoms with Crippen LogP contribution >= 0.6 is 11.8 Å². The van der Waals surface area contributed by atoms with Crippen molar-refractivity contribution in [3.05, 3.63) is 59.5 Å². The lowest BCUT2D eigenvalue weighted by Gasteiger charge is -2.13. The van der Waals surface area contributed by atoms with E-state index in [2.05, 4.69) is 5.32 Å². The first-order valence-corrected chi connectivity index (χ1v) is 7.98. The van der Waals surface area contributed by atoms with Gasteiger partial charge in [-0.15, -0.1) is 0 Å². The van der Waals surface area contributed by atoms with Crippen LogP contribution in [-0.4, -0.2) is 27.7 Å². The maximum absolute atomic E-state index is 12.2. The van der Waals surface area contributed by atoms with E-state index in [0.717, 1.165) is 17.3 Å². The summed E-state index contributed by atoms with van der Waals surface area (Å²) in [6, 6.07) is 10.4. The SMILES string of the molecule is O=C(NCc1ccco1)c1cccc(CN2C(=O)CSC2=O)c1. The molecule has 2 heterocycles. The Kier molecular flexibility index (Phi) is 4.47. The molecular formula is C16H14N2O4S. The second-order valence-corrected chi connectivity index (χ2v) is 5.92. The quantitative estimate of drug-likeness (QED) is 0.910. The highest BCUT2D eigenvalue weighted by Gasteiger charge is 2.29. The summed E-state index contributed by atoms with van der Waals surface area (Å²) in [7, 11) is 0. The van der Waals surface area contributed by atoms with Crippen molar-refractivity contribution in [1.29, 1.82) is 0 Å². The van der Waals surface area contributed by atoms with Crippen LogP contribution < -0.4 is 5.32 Å². The van der Waals surface area contributed by atoms with Crippen LogP contribution in [0.1, 0.15) is 21.7 Å². The number of nitrogens with zero attached hydrogens (tertiary/aromatic N) is 1. The van der Waals surface area contributed by atoms with Crippen LogP contribution in [-0.2, 0) is 17.9 Å². The van der Waals surface area contributed by atoms with Gasteiger partial charge in [0.15, 0.2) is 0 Å². The van der Waals surface area contributed by atoms with E-state index in [4.69, 9.17) is 4.42 Å². The highest BCUT2D eigenvalue weighted by atomic mass is 32.2. The lowest BCUT2D eigenvalue weighted by atomic mass is 10.1. The first-order chi connectivity index (χ1) is 11.1. The number of thioether (sulfide) groups is 1. The highest BCUT2D eigenvalue weighted by Crippen LogP contribution is 2.21. The molecule has 0 aliphatic carbocycles. The van der Waals surface area contributed by atoms with Gasteiger partial charge in [-0.1, -0.05) is 23.9 Å². The van der Waals surface area contributed by atoms with E-state index in [1.807, 2.05) is 0 Å². The van der Waals surface area contributed by atoms with Gasteiger partial charge in [0.25, 0.3) is 11.1 Å². The van der Waals surface area contributed by atoms with Crippen LogP contribution in [0.5, 0.6) is 0 Å². The predicted molar refractivity (Wildman–Crippen MR) is 84.7 cm³/mol. The van der Waals surface area contributed by atoms with E-state index < -0.39 is 0 Å². The number of carbonyl (C=O) groups excluding carboxylic acids is 3. The number of rotatable bonds is 5. The zero-order valence-corrected chi connectivity index (χ0v) is 13.0. The van der Waals surface area contributed by atoms with E-state index >= 15 is 0 Å². The minimum Gasteiger partial charge on any atom is -0.467 e. The lowest BCUT2D eigenvalue weighted by Crippen LogP contribution is -2.28. The molecule has 0 saturated carbocycles. The van der Waals surface area contributed by atoms with Gasteiger partial charge in [0, 0.05) is 5.56 Å². The smallest absolute Gasteiger partial charge is 0.289 e. The maximum Gasteiger partial charge on any atom is 0.289 e. The highest BCUT2D eigenvalue weighted by molar-refractivity contribution is 8.14. The molecule has 1 saturated heterocycles. The third-order valence-corrected chi connectivity index (χ3v) is 4.23. The van der Waals surface area contributed by atoms with Crippen molar-refractivity contribution in [3.63, 3.8) is 0 Å². The summed E-state index contributed by atoms with van der Waals surface area (Å²) in [6.07, 6.45) is 1.55. The van der Waals surface area contributed by atoms with Crippen molar-refractivity contribution in [2.75, 3.05) is 5.75 Å². The average Bonchev–Trinajstić information content (AvgIpc) is 3.18. The molecule has 3 rings (SSSR count). The number of hydrogen-bond donors (Lipinski definition) is 1. The molecule has 0 spiro atoms. The summed E-state index contributed by atoms with van der Waals surface area (Å²) in [5.74, 6) is 0.409. The van der Waals surface area contributed by atoms with E-state index in [1.54, 1.807) is 42.7 Å². The Labute approximate surface area is 136 Å². The Bertz CT molecular complexity index is 726. The van der Waals surface area contributed by atoms with E-state index in [0.29, 0.717) is 17.9 Å². The van der Waals surface area contributed by atoms with Crippen molar-refractivity contribution in [2.24, 2.45) is 0 Å². The standard InChI is InChI=1S/C16H14N2O4S/c19-14-10-23-16(21)18(14)9-11-3-1-4-12(7-11)15(20)17-8-13-5-2-6-22-13/h1-7H,8-10H2,(H,17,20). The van der Waals surface area contributed by atoms with Gasteiger partial charge in [0.2, 0.25) is 5.91 Å². The Balaban J connectivity index is 1.65. The van der Waals surface area contributed by atoms with Crippen molar-refractivity contribution in [2.45, 2.75) is 13.1 Å². The fourth-order valence-electron chi connectivity index (χ4n) is 2.21. The number of nitrogens with one attached hydrogen (secondary N) is 1. The number of carbonyl (C=O) groups is 3.